The van der Waals surface area contributed by atoms with Gasteiger partial charge in [-0.15, -0.1) is 12.4 Å². The molecule has 0 bridgehead atoms. The van der Waals surface area contributed by atoms with Crippen molar-refractivity contribution in [2.24, 2.45) is 0 Å². The fourth-order valence-electron chi connectivity index (χ4n) is 3.70. The number of hydrogen-bond donors (Lipinski definition) is 1. The Labute approximate surface area is 160 Å². The van der Waals surface area contributed by atoms with E-state index in [-0.39, 0.29) is 12.4 Å². The number of rotatable bonds is 4. The fraction of sp³-hybridized carbons (Fsp3) is 0.286. The Morgan fingerprint density at radius 1 is 1.12 bits per heavy atom. The maximum absolute atomic E-state index is 5.60. The number of halogens is 1. The molecule has 136 valence electrons. The van der Waals surface area contributed by atoms with Gasteiger partial charge in [-0.3, -0.25) is 9.88 Å². The van der Waals surface area contributed by atoms with E-state index in [1.54, 1.807) is 7.11 Å². The standard InChI is InChI=1S/C21H23N3O.ClH/c1-25-20-10-3-2-9-18(20)19-14-22-12-13-24(19)15-17-7-4-6-16-8-5-11-23-21(16)17;/h2-11,19,22H,12-15H2,1H3;1H. The first-order valence-corrected chi connectivity index (χ1v) is 8.77. The summed E-state index contributed by atoms with van der Waals surface area (Å²) >= 11 is 0. The van der Waals surface area contributed by atoms with Gasteiger partial charge in [-0.1, -0.05) is 42.5 Å². The Morgan fingerprint density at radius 2 is 1.96 bits per heavy atom. The summed E-state index contributed by atoms with van der Waals surface area (Å²) in [6.45, 7) is 3.83. The number of benzene rings is 2. The lowest BCUT2D eigenvalue weighted by Crippen LogP contribution is -2.45. The van der Waals surface area contributed by atoms with Gasteiger partial charge in [0.1, 0.15) is 5.75 Å². The highest BCUT2D eigenvalue weighted by molar-refractivity contribution is 5.85. The predicted octanol–water partition coefficient (Wildman–Crippen LogP) is 3.81. The lowest BCUT2D eigenvalue weighted by Gasteiger charge is -2.37. The first-order chi connectivity index (χ1) is 12.4. The molecule has 0 spiro atoms. The Morgan fingerprint density at radius 3 is 2.85 bits per heavy atom. The molecule has 2 aromatic carbocycles. The van der Waals surface area contributed by atoms with Gasteiger partial charge in [-0.2, -0.15) is 0 Å². The second kappa shape index (κ2) is 8.49. The molecule has 5 heteroatoms. The average molecular weight is 370 g/mol. The van der Waals surface area contributed by atoms with Gasteiger partial charge in [0.05, 0.1) is 18.7 Å². The number of methoxy groups -OCH3 is 1. The summed E-state index contributed by atoms with van der Waals surface area (Å²) < 4.78 is 5.60. The number of para-hydroxylation sites is 2. The molecule has 0 radical (unpaired) electrons. The molecular weight excluding hydrogens is 346 g/mol. The SMILES string of the molecule is COc1ccccc1C1CNCCN1Cc1cccc2cccnc12.Cl. The molecule has 3 aromatic rings. The van der Waals surface area contributed by atoms with Crippen LogP contribution >= 0.6 is 12.4 Å². The lowest BCUT2D eigenvalue weighted by molar-refractivity contribution is 0.151. The number of piperazine rings is 1. The van der Waals surface area contributed by atoms with Gasteiger partial charge in [0.15, 0.2) is 0 Å². The van der Waals surface area contributed by atoms with Crippen molar-refractivity contribution < 1.29 is 4.74 Å². The molecule has 1 saturated heterocycles. The van der Waals surface area contributed by atoms with E-state index < -0.39 is 0 Å². The highest BCUT2D eigenvalue weighted by Gasteiger charge is 2.26. The van der Waals surface area contributed by atoms with Crippen LogP contribution in [0.2, 0.25) is 0 Å². The summed E-state index contributed by atoms with van der Waals surface area (Å²) in [6.07, 6.45) is 1.88. The summed E-state index contributed by atoms with van der Waals surface area (Å²) in [5.41, 5.74) is 3.62. The second-order valence-corrected chi connectivity index (χ2v) is 6.42. The third-order valence-corrected chi connectivity index (χ3v) is 4.94. The van der Waals surface area contributed by atoms with Gasteiger partial charge in [0.25, 0.3) is 0 Å². The zero-order chi connectivity index (χ0) is 17.1. The van der Waals surface area contributed by atoms with Crippen LogP contribution in [0.1, 0.15) is 17.2 Å². The van der Waals surface area contributed by atoms with Crippen LogP contribution in [0.5, 0.6) is 5.75 Å². The van der Waals surface area contributed by atoms with Crippen LogP contribution in [0.3, 0.4) is 0 Å². The predicted molar refractivity (Wildman–Crippen MR) is 108 cm³/mol. The Kier molecular flexibility index (Phi) is 6.09. The lowest BCUT2D eigenvalue weighted by atomic mass is 10.0. The Balaban J connectivity index is 0.00000196. The molecule has 1 aromatic heterocycles. The Bertz CT molecular complexity index is 865. The minimum Gasteiger partial charge on any atom is -0.496 e. The van der Waals surface area contributed by atoms with Gasteiger partial charge in [0, 0.05) is 43.3 Å². The van der Waals surface area contributed by atoms with E-state index in [2.05, 4.69) is 51.6 Å². The first-order valence-electron chi connectivity index (χ1n) is 8.77. The first kappa shape index (κ1) is 18.6. The monoisotopic (exact) mass is 369 g/mol. The van der Waals surface area contributed by atoms with Crippen molar-refractivity contribution in [2.45, 2.75) is 12.6 Å². The third kappa shape index (κ3) is 3.68. The van der Waals surface area contributed by atoms with Gasteiger partial charge >= 0.3 is 0 Å². The van der Waals surface area contributed by atoms with Crippen molar-refractivity contribution in [3.63, 3.8) is 0 Å². The fourth-order valence-corrected chi connectivity index (χ4v) is 3.70. The minimum absolute atomic E-state index is 0. The van der Waals surface area contributed by atoms with Gasteiger partial charge in [0.2, 0.25) is 0 Å². The molecule has 0 amide bonds. The molecule has 4 rings (SSSR count). The smallest absolute Gasteiger partial charge is 0.123 e. The zero-order valence-corrected chi connectivity index (χ0v) is 15.7. The molecule has 26 heavy (non-hydrogen) atoms. The summed E-state index contributed by atoms with van der Waals surface area (Å²) in [7, 11) is 1.74. The van der Waals surface area contributed by atoms with Crippen molar-refractivity contribution in [3.8, 4) is 5.75 Å². The number of nitrogens with one attached hydrogen (secondary N) is 1. The molecule has 1 N–H and O–H groups in total. The van der Waals surface area contributed by atoms with Crippen LogP contribution in [0.4, 0.5) is 0 Å². The van der Waals surface area contributed by atoms with Crippen LogP contribution in [-0.2, 0) is 6.54 Å². The zero-order valence-electron chi connectivity index (χ0n) is 14.9. The van der Waals surface area contributed by atoms with Crippen LogP contribution < -0.4 is 10.1 Å². The van der Waals surface area contributed by atoms with Crippen LogP contribution in [0.15, 0.2) is 60.8 Å². The van der Waals surface area contributed by atoms with Crippen LogP contribution in [0.25, 0.3) is 10.9 Å². The van der Waals surface area contributed by atoms with E-state index in [0.717, 1.165) is 37.4 Å². The van der Waals surface area contributed by atoms with Gasteiger partial charge < -0.3 is 10.1 Å². The molecule has 0 saturated carbocycles. The number of aromatic nitrogens is 1. The normalized spacial score (nSPS) is 17.7. The molecule has 1 unspecified atom stereocenters. The molecule has 1 atom stereocenters. The summed E-state index contributed by atoms with van der Waals surface area (Å²) in [4.78, 5) is 7.14. The summed E-state index contributed by atoms with van der Waals surface area (Å²) in [5.74, 6) is 0.956. The summed E-state index contributed by atoms with van der Waals surface area (Å²) in [6, 6.07) is 19.2. The summed E-state index contributed by atoms with van der Waals surface area (Å²) in [5, 5.41) is 4.72. The minimum atomic E-state index is 0. The van der Waals surface area contributed by atoms with Crippen LogP contribution in [-0.4, -0.2) is 36.6 Å². The van der Waals surface area contributed by atoms with Crippen molar-refractivity contribution in [1.82, 2.24) is 15.2 Å². The quantitative estimate of drug-likeness (QED) is 0.758. The Hall–Kier alpha value is -2.14. The van der Waals surface area contributed by atoms with E-state index in [1.807, 2.05) is 24.4 Å². The number of pyridine rings is 1. The maximum Gasteiger partial charge on any atom is 0.123 e. The van der Waals surface area contributed by atoms with Crippen LogP contribution in [0, 0.1) is 0 Å². The van der Waals surface area contributed by atoms with E-state index >= 15 is 0 Å². The average Bonchev–Trinajstić information content (AvgIpc) is 2.69. The van der Waals surface area contributed by atoms with Crippen molar-refractivity contribution in [1.29, 1.82) is 0 Å². The number of ether oxygens (including phenoxy) is 1. The molecular formula is C21H24ClN3O. The highest BCUT2D eigenvalue weighted by Crippen LogP contribution is 2.31. The molecule has 1 fully saturated rings. The molecule has 1 aliphatic rings. The van der Waals surface area contributed by atoms with E-state index in [0.29, 0.717) is 6.04 Å². The van der Waals surface area contributed by atoms with Crippen molar-refractivity contribution in [2.75, 3.05) is 26.7 Å². The van der Waals surface area contributed by atoms with E-state index in [4.69, 9.17) is 4.74 Å². The second-order valence-electron chi connectivity index (χ2n) is 6.42. The molecule has 4 nitrogen and oxygen atoms in total. The highest BCUT2D eigenvalue weighted by atomic mass is 35.5. The maximum atomic E-state index is 5.60. The van der Waals surface area contributed by atoms with E-state index in [1.165, 1.54) is 16.5 Å². The molecule has 1 aliphatic heterocycles. The largest absolute Gasteiger partial charge is 0.496 e. The van der Waals surface area contributed by atoms with Crippen molar-refractivity contribution in [3.05, 3.63) is 71.9 Å². The third-order valence-electron chi connectivity index (χ3n) is 4.94. The van der Waals surface area contributed by atoms with Gasteiger partial charge in [-0.25, -0.2) is 0 Å². The molecule has 0 aliphatic carbocycles. The molecule has 2 heterocycles. The topological polar surface area (TPSA) is 37.4 Å². The van der Waals surface area contributed by atoms with Gasteiger partial charge in [-0.05, 0) is 17.7 Å². The number of fused-ring (bicyclic) bond motifs is 1. The number of hydrogen-bond acceptors (Lipinski definition) is 4. The van der Waals surface area contributed by atoms with E-state index in [9.17, 15) is 0 Å². The van der Waals surface area contributed by atoms with Crippen molar-refractivity contribution >= 4 is 23.3 Å². The number of nitrogens with zero attached hydrogens (tertiary/aromatic N) is 2.